The van der Waals surface area contributed by atoms with E-state index in [1.807, 2.05) is 24.3 Å². The number of rotatable bonds is 14. The molecule has 6 aromatic carbocycles. The fraction of sp³-hybridized carbons (Fsp3) is 0.224. The van der Waals surface area contributed by atoms with Gasteiger partial charge in [0.2, 0.25) is 0 Å². The first-order valence-corrected chi connectivity index (χ1v) is 18.6. The summed E-state index contributed by atoms with van der Waals surface area (Å²) < 4.78 is 30.1. The summed E-state index contributed by atoms with van der Waals surface area (Å²) in [6.45, 7) is 4.29. The molecule has 0 bridgehead atoms. The zero-order chi connectivity index (χ0) is 37.2. The first-order valence-electron chi connectivity index (χ1n) is 18.6. The van der Waals surface area contributed by atoms with E-state index in [2.05, 4.69) is 62.4 Å². The van der Waals surface area contributed by atoms with Gasteiger partial charge in [0.25, 0.3) is 0 Å². The highest BCUT2D eigenvalue weighted by Gasteiger charge is 2.11. The minimum absolute atomic E-state index is 0.266. The molecule has 0 aliphatic heterocycles. The smallest absolute Gasteiger partial charge is 0.131 e. The van der Waals surface area contributed by atoms with E-state index < -0.39 is 0 Å². The van der Waals surface area contributed by atoms with E-state index in [0.29, 0.717) is 22.3 Å². The molecule has 0 amide bonds. The molecule has 0 heterocycles. The summed E-state index contributed by atoms with van der Waals surface area (Å²) in [4.78, 5) is 0. The molecule has 2 nitrogen and oxygen atoms in total. The minimum Gasteiger partial charge on any atom is -0.206 e. The number of halogens is 2. The second-order valence-corrected chi connectivity index (χ2v) is 14.0. The maximum absolute atomic E-state index is 15.1. The standard InChI is InChI=1S/C49H44F2N2/c1-34-28-42(44-24-26-46(48(50)30-44)40-16-12-36(32-52)13-17-40)22-20-38(34)10-8-6-4-3-5-7-9-11-39-21-23-43(29-35(39)2)45-25-27-47(49(51)31-45)41-18-14-37(33-53)15-19-41/h12-31H,3-11H2,1-2H3. The molecule has 0 saturated carbocycles. The van der Waals surface area contributed by atoms with E-state index >= 15 is 8.78 Å². The minimum atomic E-state index is -0.266. The van der Waals surface area contributed by atoms with Crippen molar-refractivity contribution in [3.05, 3.63) is 166 Å². The summed E-state index contributed by atoms with van der Waals surface area (Å²) in [6, 6.07) is 41.9. The summed E-state index contributed by atoms with van der Waals surface area (Å²) in [6.07, 6.45) is 10.6. The van der Waals surface area contributed by atoms with Crippen LogP contribution in [0.1, 0.15) is 78.3 Å². The van der Waals surface area contributed by atoms with E-state index in [1.54, 1.807) is 60.7 Å². The van der Waals surface area contributed by atoms with Crippen molar-refractivity contribution in [1.29, 1.82) is 10.5 Å². The van der Waals surface area contributed by atoms with Crippen molar-refractivity contribution >= 4 is 0 Å². The van der Waals surface area contributed by atoms with Crippen LogP contribution in [0.5, 0.6) is 0 Å². The molecule has 0 aliphatic carbocycles. The molecule has 0 aromatic heterocycles. The van der Waals surface area contributed by atoms with Crippen molar-refractivity contribution < 1.29 is 8.78 Å². The van der Waals surface area contributed by atoms with Gasteiger partial charge in [0.05, 0.1) is 23.3 Å². The fourth-order valence-corrected chi connectivity index (χ4v) is 7.13. The zero-order valence-corrected chi connectivity index (χ0v) is 30.6. The van der Waals surface area contributed by atoms with Crippen LogP contribution in [-0.2, 0) is 12.8 Å². The average molecular weight is 699 g/mol. The van der Waals surface area contributed by atoms with Crippen molar-refractivity contribution in [3.63, 3.8) is 0 Å². The number of aryl methyl sites for hydroxylation is 4. The number of hydrogen-bond donors (Lipinski definition) is 0. The van der Waals surface area contributed by atoms with Gasteiger partial charge < -0.3 is 0 Å². The third kappa shape index (κ3) is 9.34. The molecule has 4 heteroatoms. The lowest BCUT2D eigenvalue weighted by Gasteiger charge is -2.11. The molecule has 0 atom stereocenters. The molecule has 264 valence electrons. The van der Waals surface area contributed by atoms with Crippen molar-refractivity contribution in [3.8, 4) is 56.6 Å². The summed E-state index contributed by atoms with van der Waals surface area (Å²) in [5.41, 5.74) is 12.7. The highest BCUT2D eigenvalue weighted by atomic mass is 19.1. The Labute approximate surface area is 313 Å². The van der Waals surface area contributed by atoms with Crippen molar-refractivity contribution in [2.75, 3.05) is 0 Å². The Balaban J connectivity index is 0.899. The van der Waals surface area contributed by atoms with Gasteiger partial charge in [-0.15, -0.1) is 0 Å². The summed E-state index contributed by atoms with van der Waals surface area (Å²) >= 11 is 0. The third-order valence-electron chi connectivity index (χ3n) is 10.3. The van der Waals surface area contributed by atoms with Crippen LogP contribution < -0.4 is 0 Å². The summed E-state index contributed by atoms with van der Waals surface area (Å²) in [7, 11) is 0. The zero-order valence-electron chi connectivity index (χ0n) is 30.6. The predicted octanol–water partition coefficient (Wildman–Crippen LogP) is 13.5. The Bertz CT molecular complexity index is 2110. The molecule has 6 rings (SSSR count). The molecule has 0 unspecified atom stereocenters. The van der Waals surface area contributed by atoms with Crippen LogP contribution in [0.4, 0.5) is 8.78 Å². The molecule has 53 heavy (non-hydrogen) atoms. The van der Waals surface area contributed by atoms with Crippen LogP contribution in [-0.4, -0.2) is 0 Å². The van der Waals surface area contributed by atoms with Crippen LogP contribution in [0.25, 0.3) is 44.5 Å². The number of nitriles is 2. The molecule has 0 radical (unpaired) electrons. The first-order chi connectivity index (χ1) is 25.8. The summed E-state index contributed by atoms with van der Waals surface area (Å²) in [5.74, 6) is -0.532. The Morgan fingerprint density at radius 3 is 1.06 bits per heavy atom. The third-order valence-corrected chi connectivity index (χ3v) is 10.3. The van der Waals surface area contributed by atoms with Crippen LogP contribution in [0, 0.1) is 48.1 Å². The Morgan fingerprint density at radius 2 is 0.717 bits per heavy atom. The van der Waals surface area contributed by atoms with Crippen LogP contribution >= 0.6 is 0 Å². The maximum Gasteiger partial charge on any atom is 0.131 e. The normalized spacial score (nSPS) is 10.9. The Hall–Kier alpha value is -5.84. The molecule has 0 saturated heterocycles. The lowest BCUT2D eigenvalue weighted by Crippen LogP contribution is -1.93. The van der Waals surface area contributed by atoms with E-state index in [0.717, 1.165) is 46.2 Å². The quantitative estimate of drug-likeness (QED) is 0.106. The van der Waals surface area contributed by atoms with E-state index in [-0.39, 0.29) is 11.6 Å². The number of hydrogen-bond acceptors (Lipinski definition) is 2. The van der Waals surface area contributed by atoms with Crippen molar-refractivity contribution in [2.24, 2.45) is 0 Å². The van der Waals surface area contributed by atoms with Gasteiger partial charge in [0.1, 0.15) is 11.6 Å². The molecule has 6 aromatic rings. The lowest BCUT2D eigenvalue weighted by molar-refractivity contribution is 0.578. The molecular formula is C49H44F2N2. The van der Waals surface area contributed by atoms with Gasteiger partial charge in [0.15, 0.2) is 0 Å². The van der Waals surface area contributed by atoms with Gasteiger partial charge in [0, 0.05) is 11.1 Å². The number of benzene rings is 6. The largest absolute Gasteiger partial charge is 0.206 e. The van der Waals surface area contributed by atoms with Gasteiger partial charge >= 0.3 is 0 Å². The second-order valence-electron chi connectivity index (χ2n) is 14.0. The number of unbranched alkanes of at least 4 members (excludes halogenated alkanes) is 6. The van der Waals surface area contributed by atoms with E-state index in [4.69, 9.17) is 10.5 Å². The maximum atomic E-state index is 15.1. The van der Waals surface area contributed by atoms with Crippen molar-refractivity contribution in [1.82, 2.24) is 0 Å². The molecular weight excluding hydrogens is 655 g/mol. The first kappa shape index (κ1) is 36.9. The van der Waals surface area contributed by atoms with Gasteiger partial charge in [-0.1, -0.05) is 117 Å². The topological polar surface area (TPSA) is 47.6 Å². The monoisotopic (exact) mass is 698 g/mol. The fourth-order valence-electron chi connectivity index (χ4n) is 7.13. The number of nitrogens with zero attached hydrogens (tertiary/aromatic N) is 2. The van der Waals surface area contributed by atoms with E-state index in [1.165, 1.54) is 67.2 Å². The van der Waals surface area contributed by atoms with Crippen molar-refractivity contribution in [2.45, 2.75) is 71.6 Å². The Morgan fingerprint density at radius 1 is 0.396 bits per heavy atom. The lowest BCUT2D eigenvalue weighted by atomic mass is 9.94. The SMILES string of the molecule is Cc1cc(-c2ccc(-c3ccc(C#N)cc3)c(F)c2)ccc1CCCCCCCCCc1ccc(-c2ccc(-c3ccc(C#N)cc3)c(F)c2)cc1C. The molecule has 0 aliphatic rings. The molecule has 0 N–H and O–H groups in total. The van der Waals surface area contributed by atoms with Crippen LogP contribution in [0.2, 0.25) is 0 Å². The van der Waals surface area contributed by atoms with Gasteiger partial charge in [-0.2, -0.15) is 10.5 Å². The van der Waals surface area contributed by atoms with E-state index in [9.17, 15) is 0 Å². The predicted molar refractivity (Wildman–Crippen MR) is 213 cm³/mol. The highest BCUT2D eigenvalue weighted by Crippen LogP contribution is 2.31. The van der Waals surface area contributed by atoms with Crippen LogP contribution in [0.15, 0.2) is 121 Å². The highest BCUT2D eigenvalue weighted by molar-refractivity contribution is 5.73. The van der Waals surface area contributed by atoms with Crippen LogP contribution in [0.3, 0.4) is 0 Å². The van der Waals surface area contributed by atoms with Gasteiger partial charge in [-0.25, -0.2) is 8.78 Å². The summed E-state index contributed by atoms with van der Waals surface area (Å²) in [5, 5.41) is 18.1. The van der Waals surface area contributed by atoms with Gasteiger partial charge in [-0.3, -0.25) is 0 Å². The van der Waals surface area contributed by atoms with Gasteiger partial charge in [-0.05, 0) is 132 Å². The second kappa shape index (κ2) is 17.6. The Kier molecular flexibility index (Phi) is 12.3. The molecule has 0 fully saturated rings. The average Bonchev–Trinajstić information content (AvgIpc) is 3.18. The molecule has 0 spiro atoms.